The molecule has 9 heteroatoms. The molecule has 0 saturated heterocycles. The van der Waals surface area contributed by atoms with Gasteiger partial charge < -0.3 is 10.1 Å². The van der Waals surface area contributed by atoms with Crippen LogP contribution in [0.4, 0.5) is 5.69 Å². The second-order valence-electron chi connectivity index (χ2n) is 6.35. The number of nitrogens with zero attached hydrogens (tertiary/aromatic N) is 4. The Bertz CT molecular complexity index is 1240. The molecule has 0 saturated carbocycles. The summed E-state index contributed by atoms with van der Waals surface area (Å²) in [5.41, 5.74) is 1.80. The van der Waals surface area contributed by atoms with Gasteiger partial charge >= 0.3 is 5.69 Å². The van der Waals surface area contributed by atoms with Gasteiger partial charge in [0.25, 0.3) is 0 Å². The third-order valence-corrected chi connectivity index (χ3v) is 5.61. The fourth-order valence-electron chi connectivity index (χ4n) is 3.01. The number of ether oxygens (including phenoxy) is 1. The molecular weight excluding hydrogens is 378 g/mol. The third-order valence-electron chi connectivity index (χ3n) is 4.49. The van der Waals surface area contributed by atoms with E-state index in [2.05, 4.69) is 15.4 Å². The number of rotatable bonds is 5. The number of nitrogens with one attached hydrogen (secondary N) is 1. The summed E-state index contributed by atoms with van der Waals surface area (Å²) < 4.78 is 7.92. The van der Waals surface area contributed by atoms with Crippen molar-refractivity contribution in [3.05, 3.63) is 51.5 Å². The minimum Gasteiger partial charge on any atom is -0.494 e. The lowest BCUT2D eigenvalue weighted by molar-refractivity contribution is -0.117. The van der Waals surface area contributed by atoms with Crippen LogP contribution in [0.5, 0.6) is 5.75 Å². The van der Waals surface area contributed by atoms with Gasteiger partial charge in [0.05, 0.1) is 12.0 Å². The molecular formula is C19H19N5O3S. The molecule has 0 aliphatic carbocycles. The molecule has 4 rings (SSSR count). The highest BCUT2D eigenvalue weighted by Crippen LogP contribution is 2.30. The minimum absolute atomic E-state index is 0.183. The monoisotopic (exact) mass is 397 g/mol. The molecule has 8 nitrogen and oxygen atoms in total. The van der Waals surface area contributed by atoms with Gasteiger partial charge in [-0.25, -0.2) is 18.9 Å². The molecule has 0 fully saturated rings. The third kappa shape index (κ3) is 3.13. The SMILES string of the molecule is CCOc1ccc(NC(=O)Cn2nc3c4c(C)c(C)sc4ncn3c2=O)cc1. The summed E-state index contributed by atoms with van der Waals surface area (Å²) in [6.45, 7) is 6.30. The average Bonchev–Trinajstić information content (AvgIpc) is 3.14. The largest absolute Gasteiger partial charge is 0.494 e. The number of anilines is 1. The predicted molar refractivity (Wildman–Crippen MR) is 108 cm³/mol. The smallest absolute Gasteiger partial charge is 0.352 e. The van der Waals surface area contributed by atoms with Crippen molar-refractivity contribution in [3.8, 4) is 5.75 Å². The number of carbonyl (C=O) groups is 1. The molecule has 144 valence electrons. The molecule has 4 aromatic rings. The summed E-state index contributed by atoms with van der Waals surface area (Å²) in [7, 11) is 0. The van der Waals surface area contributed by atoms with Gasteiger partial charge in [-0.15, -0.1) is 16.4 Å². The number of carbonyl (C=O) groups excluding carboxylic acids is 1. The van der Waals surface area contributed by atoms with Gasteiger partial charge in [-0.05, 0) is 50.6 Å². The molecule has 1 amide bonds. The number of fused-ring (bicyclic) bond motifs is 3. The Balaban J connectivity index is 1.60. The summed E-state index contributed by atoms with van der Waals surface area (Å²) in [4.78, 5) is 31.3. The molecule has 0 atom stereocenters. The van der Waals surface area contributed by atoms with Crippen LogP contribution in [0.2, 0.25) is 0 Å². The van der Waals surface area contributed by atoms with E-state index in [0.717, 1.165) is 31.1 Å². The van der Waals surface area contributed by atoms with Crippen molar-refractivity contribution in [1.29, 1.82) is 0 Å². The summed E-state index contributed by atoms with van der Waals surface area (Å²) in [6, 6.07) is 7.06. The number of aryl methyl sites for hydroxylation is 2. The first kappa shape index (κ1) is 18.2. The Kier molecular flexibility index (Phi) is 4.60. The van der Waals surface area contributed by atoms with Crippen LogP contribution in [0, 0.1) is 13.8 Å². The fraction of sp³-hybridized carbons (Fsp3) is 0.263. The first-order chi connectivity index (χ1) is 13.5. The maximum Gasteiger partial charge on any atom is 0.352 e. The quantitative estimate of drug-likeness (QED) is 0.559. The number of hydrogen-bond acceptors (Lipinski definition) is 6. The van der Waals surface area contributed by atoms with Crippen LogP contribution in [0.1, 0.15) is 17.4 Å². The van der Waals surface area contributed by atoms with Gasteiger partial charge in [0.15, 0.2) is 5.65 Å². The van der Waals surface area contributed by atoms with Crippen molar-refractivity contribution in [3.63, 3.8) is 0 Å². The summed E-state index contributed by atoms with van der Waals surface area (Å²) in [5, 5.41) is 8.01. The molecule has 3 aromatic heterocycles. The van der Waals surface area contributed by atoms with E-state index >= 15 is 0 Å². The number of amides is 1. The zero-order chi connectivity index (χ0) is 19.8. The highest BCUT2D eigenvalue weighted by atomic mass is 32.1. The van der Waals surface area contributed by atoms with Gasteiger partial charge in [-0.2, -0.15) is 0 Å². The first-order valence-corrected chi connectivity index (χ1v) is 9.66. The number of hydrogen-bond donors (Lipinski definition) is 1. The topological polar surface area (TPSA) is 90.5 Å². The first-order valence-electron chi connectivity index (χ1n) is 8.84. The molecule has 28 heavy (non-hydrogen) atoms. The van der Waals surface area contributed by atoms with E-state index < -0.39 is 5.69 Å². The zero-order valence-corrected chi connectivity index (χ0v) is 16.5. The fourth-order valence-corrected chi connectivity index (χ4v) is 4.00. The lowest BCUT2D eigenvalue weighted by atomic mass is 10.2. The van der Waals surface area contributed by atoms with Gasteiger partial charge in [-0.1, -0.05) is 0 Å². The second-order valence-corrected chi connectivity index (χ2v) is 7.55. The van der Waals surface area contributed by atoms with Crippen LogP contribution in [0.25, 0.3) is 15.9 Å². The van der Waals surface area contributed by atoms with Crippen molar-refractivity contribution < 1.29 is 9.53 Å². The van der Waals surface area contributed by atoms with E-state index in [4.69, 9.17) is 4.74 Å². The maximum atomic E-state index is 12.6. The lowest BCUT2D eigenvalue weighted by Crippen LogP contribution is -2.28. The van der Waals surface area contributed by atoms with Crippen molar-refractivity contribution in [1.82, 2.24) is 19.2 Å². The molecule has 1 aromatic carbocycles. The summed E-state index contributed by atoms with van der Waals surface area (Å²) in [5.74, 6) is 0.395. The van der Waals surface area contributed by atoms with Crippen LogP contribution >= 0.6 is 11.3 Å². The molecule has 0 bridgehead atoms. The summed E-state index contributed by atoms with van der Waals surface area (Å²) >= 11 is 1.56. The van der Waals surface area contributed by atoms with Crippen molar-refractivity contribution in [2.75, 3.05) is 11.9 Å². The molecule has 0 spiro atoms. The predicted octanol–water partition coefficient (Wildman–Crippen LogP) is 2.76. The minimum atomic E-state index is -0.394. The van der Waals surface area contributed by atoms with Crippen molar-refractivity contribution in [2.45, 2.75) is 27.3 Å². The van der Waals surface area contributed by atoms with Crippen molar-refractivity contribution >= 4 is 38.8 Å². The molecule has 0 aliphatic heterocycles. The van der Waals surface area contributed by atoms with Crippen LogP contribution in [-0.4, -0.2) is 31.7 Å². The zero-order valence-electron chi connectivity index (χ0n) is 15.7. The molecule has 0 radical (unpaired) electrons. The molecule has 1 N–H and O–H groups in total. The van der Waals surface area contributed by atoms with Crippen LogP contribution < -0.4 is 15.7 Å². The standard InChI is InChI=1S/C19H19N5O3S/c1-4-27-14-7-5-13(6-8-14)21-15(25)9-24-19(26)23-10-20-18-16(17(23)22-24)11(2)12(3)28-18/h5-8,10H,4,9H2,1-3H3,(H,21,25). The molecule has 0 aliphatic rings. The van der Waals surface area contributed by atoms with E-state index in [1.807, 2.05) is 20.8 Å². The van der Waals surface area contributed by atoms with E-state index in [1.54, 1.807) is 35.6 Å². The Morgan fingerprint density at radius 3 is 2.71 bits per heavy atom. The van der Waals surface area contributed by atoms with E-state index in [-0.39, 0.29) is 12.5 Å². The van der Waals surface area contributed by atoms with Gasteiger partial charge in [0, 0.05) is 10.6 Å². The number of thiophene rings is 1. The van der Waals surface area contributed by atoms with Crippen LogP contribution in [-0.2, 0) is 11.3 Å². The highest BCUT2D eigenvalue weighted by Gasteiger charge is 2.17. The Morgan fingerprint density at radius 2 is 2.00 bits per heavy atom. The second kappa shape index (κ2) is 7.08. The van der Waals surface area contributed by atoms with E-state index in [1.165, 1.54) is 10.7 Å². The molecule has 3 heterocycles. The Hall–Kier alpha value is -3.20. The normalized spacial score (nSPS) is 11.2. The lowest BCUT2D eigenvalue weighted by Gasteiger charge is -2.06. The van der Waals surface area contributed by atoms with Gasteiger partial charge in [0.2, 0.25) is 5.91 Å². The number of aromatic nitrogens is 4. The maximum absolute atomic E-state index is 12.6. The van der Waals surface area contributed by atoms with E-state index in [0.29, 0.717) is 17.9 Å². The average molecular weight is 397 g/mol. The van der Waals surface area contributed by atoms with E-state index in [9.17, 15) is 9.59 Å². The Morgan fingerprint density at radius 1 is 1.25 bits per heavy atom. The van der Waals surface area contributed by atoms with Gasteiger partial charge in [-0.3, -0.25) is 4.79 Å². The van der Waals surface area contributed by atoms with Gasteiger partial charge in [0.1, 0.15) is 23.5 Å². The Labute approximate surface area is 164 Å². The highest BCUT2D eigenvalue weighted by molar-refractivity contribution is 7.18. The summed E-state index contributed by atoms with van der Waals surface area (Å²) in [6.07, 6.45) is 1.46. The molecule has 0 unspecified atom stereocenters. The van der Waals surface area contributed by atoms with Crippen molar-refractivity contribution in [2.24, 2.45) is 0 Å². The number of benzene rings is 1. The van der Waals surface area contributed by atoms with Crippen LogP contribution in [0.3, 0.4) is 0 Å². The van der Waals surface area contributed by atoms with Crippen LogP contribution in [0.15, 0.2) is 35.4 Å².